The SMILES string of the molecule is C[C@@H](C(=O)NC1CCCC1)N(Cc1ccc(Cl)c(Cl)c1)C(=O)CN(c1cc(Cl)ccc1Cl)S(=O)(=O)c1ccccc1. The Hall–Kier alpha value is -2.49. The summed E-state index contributed by atoms with van der Waals surface area (Å²) in [5.74, 6) is -0.954. The van der Waals surface area contributed by atoms with E-state index >= 15 is 0 Å². The Balaban J connectivity index is 1.72. The molecule has 0 bridgehead atoms. The summed E-state index contributed by atoms with van der Waals surface area (Å²) in [6, 6.07) is 16.1. The van der Waals surface area contributed by atoms with Gasteiger partial charge in [0.2, 0.25) is 11.8 Å². The summed E-state index contributed by atoms with van der Waals surface area (Å²) >= 11 is 25.0. The molecule has 1 fully saturated rings. The van der Waals surface area contributed by atoms with E-state index in [4.69, 9.17) is 46.4 Å². The van der Waals surface area contributed by atoms with Gasteiger partial charge in [-0.25, -0.2) is 8.42 Å². The van der Waals surface area contributed by atoms with Gasteiger partial charge in [0.25, 0.3) is 10.0 Å². The zero-order valence-electron chi connectivity index (χ0n) is 22.2. The highest BCUT2D eigenvalue weighted by Crippen LogP contribution is 2.33. The number of rotatable bonds is 10. The first-order chi connectivity index (χ1) is 19.5. The van der Waals surface area contributed by atoms with Gasteiger partial charge in [-0.05, 0) is 67.8 Å². The number of benzene rings is 3. The van der Waals surface area contributed by atoms with E-state index in [1.165, 1.54) is 35.2 Å². The van der Waals surface area contributed by atoms with E-state index < -0.39 is 28.5 Å². The van der Waals surface area contributed by atoms with Crippen molar-refractivity contribution in [2.24, 2.45) is 0 Å². The first-order valence-electron chi connectivity index (χ1n) is 13.0. The molecule has 0 heterocycles. The third kappa shape index (κ3) is 7.67. The molecule has 12 heteroatoms. The maximum atomic E-state index is 14.0. The van der Waals surface area contributed by atoms with Gasteiger partial charge in [0.15, 0.2) is 0 Å². The van der Waals surface area contributed by atoms with E-state index in [-0.39, 0.29) is 39.1 Å². The second kappa shape index (κ2) is 13.7. The van der Waals surface area contributed by atoms with Crippen LogP contribution < -0.4 is 9.62 Å². The summed E-state index contributed by atoms with van der Waals surface area (Å²) in [6.07, 6.45) is 3.79. The topological polar surface area (TPSA) is 86.8 Å². The number of carbonyl (C=O) groups excluding carboxylic acids is 2. The molecular weight excluding hydrogens is 628 g/mol. The van der Waals surface area contributed by atoms with Gasteiger partial charge in [0.1, 0.15) is 12.6 Å². The first kappa shape index (κ1) is 31.4. The molecule has 218 valence electrons. The van der Waals surface area contributed by atoms with Crippen LogP contribution in [0.25, 0.3) is 0 Å². The smallest absolute Gasteiger partial charge is 0.264 e. The maximum absolute atomic E-state index is 14.0. The lowest BCUT2D eigenvalue weighted by atomic mass is 10.1. The van der Waals surface area contributed by atoms with Crippen LogP contribution in [0.4, 0.5) is 5.69 Å². The van der Waals surface area contributed by atoms with Crippen molar-refractivity contribution >= 4 is 73.9 Å². The van der Waals surface area contributed by atoms with Crippen LogP contribution >= 0.6 is 46.4 Å². The highest BCUT2D eigenvalue weighted by atomic mass is 35.5. The number of amides is 2. The van der Waals surface area contributed by atoms with E-state index in [1.807, 2.05) is 0 Å². The van der Waals surface area contributed by atoms with Crippen LogP contribution in [0.3, 0.4) is 0 Å². The summed E-state index contributed by atoms with van der Waals surface area (Å²) in [5, 5.41) is 3.99. The fourth-order valence-corrected chi connectivity index (χ4v) is 6.92. The monoisotopic (exact) mass is 655 g/mol. The lowest BCUT2D eigenvalue weighted by Crippen LogP contribution is -2.52. The summed E-state index contributed by atoms with van der Waals surface area (Å²) in [4.78, 5) is 28.6. The first-order valence-corrected chi connectivity index (χ1v) is 16.0. The molecule has 1 aliphatic rings. The third-order valence-corrected chi connectivity index (χ3v) is 10.1. The van der Waals surface area contributed by atoms with Crippen LogP contribution in [0.1, 0.15) is 38.2 Å². The largest absolute Gasteiger partial charge is 0.352 e. The van der Waals surface area contributed by atoms with Crippen LogP contribution in [-0.2, 0) is 26.2 Å². The predicted molar refractivity (Wildman–Crippen MR) is 164 cm³/mol. The average molecular weight is 657 g/mol. The molecule has 0 aliphatic heterocycles. The van der Waals surface area contributed by atoms with Crippen molar-refractivity contribution < 1.29 is 18.0 Å². The van der Waals surface area contributed by atoms with Crippen molar-refractivity contribution in [3.8, 4) is 0 Å². The molecule has 1 atom stereocenters. The van der Waals surface area contributed by atoms with Crippen LogP contribution in [-0.4, -0.2) is 43.8 Å². The maximum Gasteiger partial charge on any atom is 0.264 e. The second-order valence-corrected chi connectivity index (χ2v) is 13.4. The summed E-state index contributed by atoms with van der Waals surface area (Å²) in [5.41, 5.74) is 0.653. The lowest BCUT2D eigenvalue weighted by molar-refractivity contribution is -0.139. The van der Waals surface area contributed by atoms with Gasteiger partial charge in [0.05, 0.1) is 25.7 Å². The predicted octanol–water partition coefficient (Wildman–Crippen LogP) is 6.97. The van der Waals surface area contributed by atoms with Gasteiger partial charge in [-0.3, -0.25) is 13.9 Å². The minimum atomic E-state index is -4.27. The molecule has 41 heavy (non-hydrogen) atoms. The van der Waals surface area contributed by atoms with E-state index in [0.29, 0.717) is 15.6 Å². The number of halogens is 4. The van der Waals surface area contributed by atoms with Crippen molar-refractivity contribution in [2.45, 2.75) is 56.1 Å². The molecule has 1 N–H and O–H groups in total. The second-order valence-electron chi connectivity index (χ2n) is 9.86. The molecule has 3 aromatic carbocycles. The van der Waals surface area contributed by atoms with E-state index in [0.717, 1.165) is 30.0 Å². The highest BCUT2D eigenvalue weighted by Gasteiger charge is 2.34. The van der Waals surface area contributed by atoms with Gasteiger partial charge in [-0.15, -0.1) is 0 Å². The van der Waals surface area contributed by atoms with Crippen molar-refractivity contribution in [1.29, 1.82) is 0 Å². The van der Waals surface area contributed by atoms with Crippen molar-refractivity contribution in [3.63, 3.8) is 0 Å². The van der Waals surface area contributed by atoms with E-state index in [9.17, 15) is 18.0 Å². The Labute approximate surface area is 260 Å². The van der Waals surface area contributed by atoms with Crippen LogP contribution in [0.15, 0.2) is 71.6 Å². The number of carbonyl (C=O) groups is 2. The average Bonchev–Trinajstić information content (AvgIpc) is 3.46. The quantitative estimate of drug-likeness (QED) is 0.255. The summed E-state index contributed by atoms with van der Waals surface area (Å²) < 4.78 is 28.7. The molecule has 4 rings (SSSR count). The Bertz CT molecular complexity index is 1520. The van der Waals surface area contributed by atoms with Gasteiger partial charge < -0.3 is 10.2 Å². The number of hydrogen-bond donors (Lipinski definition) is 1. The van der Waals surface area contributed by atoms with E-state index in [1.54, 1.807) is 43.3 Å². The van der Waals surface area contributed by atoms with Crippen LogP contribution in [0, 0.1) is 0 Å². The van der Waals surface area contributed by atoms with Crippen molar-refractivity contribution in [3.05, 3.63) is 92.4 Å². The van der Waals surface area contributed by atoms with Gasteiger partial charge in [0, 0.05) is 17.6 Å². The fraction of sp³-hybridized carbons (Fsp3) is 0.310. The molecule has 3 aromatic rings. The lowest BCUT2D eigenvalue weighted by Gasteiger charge is -2.32. The van der Waals surface area contributed by atoms with Gasteiger partial charge in [-0.2, -0.15) is 0 Å². The molecule has 0 spiro atoms. The molecular formula is C29H29Cl4N3O4S. The molecule has 1 saturated carbocycles. The Morgan fingerprint density at radius 3 is 2.22 bits per heavy atom. The highest BCUT2D eigenvalue weighted by molar-refractivity contribution is 7.92. The van der Waals surface area contributed by atoms with Gasteiger partial charge >= 0.3 is 0 Å². The van der Waals surface area contributed by atoms with Crippen LogP contribution in [0.2, 0.25) is 20.1 Å². The Morgan fingerprint density at radius 1 is 0.902 bits per heavy atom. The molecule has 2 amide bonds. The molecule has 7 nitrogen and oxygen atoms in total. The minimum absolute atomic E-state index is 0.0164. The zero-order valence-corrected chi connectivity index (χ0v) is 26.0. The molecule has 0 unspecified atom stereocenters. The summed E-state index contributed by atoms with van der Waals surface area (Å²) in [7, 11) is -4.27. The Morgan fingerprint density at radius 2 is 1.56 bits per heavy atom. The number of nitrogens with zero attached hydrogens (tertiary/aromatic N) is 2. The summed E-state index contributed by atoms with van der Waals surface area (Å²) in [6.45, 7) is 0.958. The standard InChI is InChI=1S/C29H29Cl4N3O4S/c1-19(29(38)34-22-7-5-6-8-22)35(17-20-11-13-24(31)26(33)15-20)28(37)18-36(27-16-21(30)12-14-25(27)32)41(39,40)23-9-3-2-4-10-23/h2-4,9-16,19,22H,5-8,17-18H2,1H3,(H,34,38)/t19-/m0/s1. The molecule has 0 aromatic heterocycles. The molecule has 0 saturated heterocycles. The van der Waals surface area contributed by atoms with Crippen LogP contribution in [0.5, 0.6) is 0 Å². The minimum Gasteiger partial charge on any atom is -0.352 e. The zero-order chi connectivity index (χ0) is 29.7. The van der Waals surface area contributed by atoms with E-state index in [2.05, 4.69) is 5.32 Å². The number of anilines is 1. The number of hydrogen-bond acceptors (Lipinski definition) is 4. The number of sulfonamides is 1. The van der Waals surface area contributed by atoms with Crippen molar-refractivity contribution in [1.82, 2.24) is 10.2 Å². The Kier molecular flexibility index (Phi) is 10.5. The normalized spacial score (nSPS) is 14.5. The van der Waals surface area contributed by atoms with Crippen molar-refractivity contribution in [2.75, 3.05) is 10.8 Å². The van der Waals surface area contributed by atoms with Gasteiger partial charge in [-0.1, -0.05) is 83.5 Å². The third-order valence-electron chi connectivity index (χ3n) is 6.99. The number of nitrogens with one attached hydrogen (secondary N) is 1. The molecule has 0 radical (unpaired) electrons. The fourth-order valence-electron chi connectivity index (χ4n) is 4.72. The molecule has 1 aliphatic carbocycles.